The quantitative estimate of drug-likeness (QED) is 0.928. The Hall–Kier alpha value is -2.02. The highest BCUT2D eigenvalue weighted by atomic mass is 32.1. The second-order valence-corrected chi connectivity index (χ2v) is 4.11. The zero-order valence-electron chi connectivity index (χ0n) is 8.84. The number of alkyl halides is 2. The largest absolute Gasteiger partial charge is 0.476 e. The van der Waals surface area contributed by atoms with Crippen molar-refractivity contribution >= 4 is 17.3 Å². The van der Waals surface area contributed by atoms with Gasteiger partial charge in [0.05, 0.1) is 5.69 Å². The van der Waals surface area contributed by atoms with Crippen LogP contribution >= 0.6 is 11.3 Å². The smallest absolute Gasteiger partial charge is 0.387 e. The van der Waals surface area contributed by atoms with Crippen LogP contribution < -0.4 is 4.74 Å². The Bertz CT molecular complexity index is 571. The predicted molar refractivity (Wildman–Crippen MR) is 61.1 cm³/mol. The van der Waals surface area contributed by atoms with Crippen LogP contribution in [0.5, 0.6) is 5.75 Å². The molecule has 0 saturated carbocycles. The highest BCUT2D eigenvalue weighted by molar-refractivity contribution is 7.11. The summed E-state index contributed by atoms with van der Waals surface area (Å²) in [7, 11) is 0. The summed E-state index contributed by atoms with van der Waals surface area (Å²) in [4.78, 5) is 14.6. The third-order valence-electron chi connectivity index (χ3n) is 2.04. The molecule has 1 aromatic heterocycles. The molecule has 0 aliphatic heterocycles. The summed E-state index contributed by atoms with van der Waals surface area (Å²) in [6, 6.07) is 5.94. The zero-order valence-corrected chi connectivity index (χ0v) is 9.66. The Balaban J connectivity index is 2.29. The SMILES string of the molecule is O=C(O)c1nc(-c2cccc(OC(F)F)c2)cs1. The molecule has 2 rings (SSSR count). The second kappa shape index (κ2) is 5.09. The molecule has 7 heteroatoms. The van der Waals surface area contributed by atoms with E-state index in [1.165, 1.54) is 18.2 Å². The molecule has 0 unspecified atom stereocenters. The van der Waals surface area contributed by atoms with Crippen LogP contribution in [0.3, 0.4) is 0 Å². The lowest BCUT2D eigenvalue weighted by molar-refractivity contribution is -0.0498. The summed E-state index contributed by atoms with van der Waals surface area (Å²) in [6.07, 6.45) is 0. The van der Waals surface area contributed by atoms with Crippen LogP contribution in [0.25, 0.3) is 11.3 Å². The van der Waals surface area contributed by atoms with Crippen LogP contribution in [-0.2, 0) is 0 Å². The number of ether oxygens (including phenoxy) is 1. The molecule has 0 amide bonds. The fourth-order valence-electron chi connectivity index (χ4n) is 1.34. The van der Waals surface area contributed by atoms with E-state index in [2.05, 4.69) is 9.72 Å². The lowest BCUT2D eigenvalue weighted by atomic mass is 10.2. The van der Waals surface area contributed by atoms with E-state index in [0.717, 1.165) is 11.3 Å². The van der Waals surface area contributed by atoms with Crippen molar-refractivity contribution in [3.8, 4) is 17.0 Å². The minimum absolute atomic E-state index is 0.00683. The first-order valence-electron chi connectivity index (χ1n) is 4.80. The van der Waals surface area contributed by atoms with Gasteiger partial charge in [-0.25, -0.2) is 9.78 Å². The number of halogens is 2. The molecule has 1 N–H and O–H groups in total. The molecule has 0 radical (unpaired) electrons. The number of carboxylic acid groups (broad SMARTS) is 1. The fraction of sp³-hybridized carbons (Fsp3) is 0.0909. The van der Waals surface area contributed by atoms with E-state index in [-0.39, 0.29) is 10.8 Å². The van der Waals surface area contributed by atoms with Crippen molar-refractivity contribution in [3.63, 3.8) is 0 Å². The summed E-state index contributed by atoms with van der Waals surface area (Å²) in [5, 5.41) is 10.2. The average Bonchev–Trinajstić information content (AvgIpc) is 2.77. The van der Waals surface area contributed by atoms with E-state index >= 15 is 0 Å². The summed E-state index contributed by atoms with van der Waals surface area (Å²) in [5.74, 6) is -1.11. The predicted octanol–water partition coefficient (Wildman–Crippen LogP) is 3.11. The lowest BCUT2D eigenvalue weighted by Crippen LogP contribution is -2.01. The summed E-state index contributed by atoms with van der Waals surface area (Å²) in [6.45, 7) is -2.90. The van der Waals surface area contributed by atoms with E-state index in [9.17, 15) is 13.6 Å². The van der Waals surface area contributed by atoms with Crippen LogP contribution in [-0.4, -0.2) is 22.7 Å². The van der Waals surface area contributed by atoms with Crippen molar-refractivity contribution in [1.82, 2.24) is 4.98 Å². The number of aromatic nitrogens is 1. The van der Waals surface area contributed by atoms with Crippen molar-refractivity contribution in [1.29, 1.82) is 0 Å². The molecule has 0 fully saturated rings. The minimum Gasteiger partial charge on any atom is -0.476 e. The maximum atomic E-state index is 12.1. The third kappa shape index (κ3) is 2.80. The van der Waals surface area contributed by atoms with Crippen LogP contribution in [0.15, 0.2) is 29.6 Å². The van der Waals surface area contributed by atoms with Crippen LogP contribution in [0, 0.1) is 0 Å². The van der Waals surface area contributed by atoms with E-state index in [0.29, 0.717) is 11.3 Å². The van der Waals surface area contributed by atoms with Gasteiger partial charge < -0.3 is 9.84 Å². The Morgan fingerprint density at radius 1 is 1.44 bits per heavy atom. The Kier molecular flexibility index (Phi) is 3.52. The van der Waals surface area contributed by atoms with Crippen molar-refractivity contribution in [2.75, 3.05) is 0 Å². The number of thiazole rings is 1. The Labute approximate surface area is 104 Å². The number of hydrogen-bond acceptors (Lipinski definition) is 4. The normalized spacial score (nSPS) is 10.6. The highest BCUT2D eigenvalue weighted by Gasteiger charge is 2.11. The lowest BCUT2D eigenvalue weighted by Gasteiger charge is -2.05. The van der Waals surface area contributed by atoms with Gasteiger partial charge in [0, 0.05) is 10.9 Å². The van der Waals surface area contributed by atoms with E-state index in [1.807, 2.05) is 0 Å². The molecule has 18 heavy (non-hydrogen) atoms. The van der Waals surface area contributed by atoms with E-state index < -0.39 is 12.6 Å². The number of rotatable bonds is 4. The molecule has 0 aliphatic carbocycles. The molecule has 0 atom stereocenters. The van der Waals surface area contributed by atoms with Gasteiger partial charge in [-0.3, -0.25) is 0 Å². The van der Waals surface area contributed by atoms with Gasteiger partial charge in [-0.1, -0.05) is 12.1 Å². The van der Waals surface area contributed by atoms with E-state index in [4.69, 9.17) is 5.11 Å². The van der Waals surface area contributed by atoms with Gasteiger partial charge in [0.1, 0.15) is 5.75 Å². The zero-order chi connectivity index (χ0) is 13.1. The fourth-order valence-corrected chi connectivity index (χ4v) is 2.00. The molecular weight excluding hydrogens is 264 g/mol. The standard InChI is InChI=1S/C11H7F2NO3S/c12-11(13)17-7-3-1-2-6(4-7)8-5-18-9(14-8)10(15)16/h1-5,11H,(H,15,16). The van der Waals surface area contributed by atoms with Gasteiger partial charge in [0.25, 0.3) is 0 Å². The Morgan fingerprint density at radius 3 is 2.83 bits per heavy atom. The van der Waals surface area contributed by atoms with Crippen LogP contribution in [0.1, 0.15) is 9.80 Å². The van der Waals surface area contributed by atoms with Crippen molar-refractivity contribution in [3.05, 3.63) is 34.7 Å². The molecule has 0 spiro atoms. The Morgan fingerprint density at radius 2 is 2.22 bits per heavy atom. The topological polar surface area (TPSA) is 59.4 Å². The average molecular weight is 271 g/mol. The molecule has 0 aliphatic rings. The summed E-state index contributed by atoms with van der Waals surface area (Å²) >= 11 is 0.973. The maximum Gasteiger partial charge on any atom is 0.387 e. The first kappa shape index (κ1) is 12.4. The molecule has 94 valence electrons. The molecule has 4 nitrogen and oxygen atoms in total. The summed E-state index contributed by atoms with van der Waals surface area (Å²) < 4.78 is 28.4. The molecule has 1 heterocycles. The number of benzene rings is 1. The number of hydrogen-bond donors (Lipinski definition) is 1. The van der Waals surface area contributed by atoms with Gasteiger partial charge >= 0.3 is 12.6 Å². The summed E-state index contributed by atoms with van der Waals surface area (Å²) in [5.41, 5.74) is 0.939. The number of carboxylic acids is 1. The first-order chi connectivity index (χ1) is 8.56. The monoisotopic (exact) mass is 271 g/mol. The minimum atomic E-state index is -2.90. The first-order valence-corrected chi connectivity index (χ1v) is 5.68. The van der Waals surface area contributed by atoms with Gasteiger partial charge in [0.15, 0.2) is 0 Å². The second-order valence-electron chi connectivity index (χ2n) is 3.25. The van der Waals surface area contributed by atoms with Crippen LogP contribution in [0.4, 0.5) is 8.78 Å². The van der Waals surface area contributed by atoms with Gasteiger partial charge in [-0.05, 0) is 12.1 Å². The third-order valence-corrected chi connectivity index (χ3v) is 2.87. The molecular formula is C11H7F2NO3S. The number of carbonyl (C=O) groups is 1. The van der Waals surface area contributed by atoms with Gasteiger partial charge in [-0.15, -0.1) is 11.3 Å². The molecule has 0 saturated heterocycles. The molecule has 1 aromatic carbocycles. The van der Waals surface area contributed by atoms with Crippen LogP contribution in [0.2, 0.25) is 0 Å². The van der Waals surface area contributed by atoms with Crippen molar-refractivity contribution in [2.45, 2.75) is 6.61 Å². The molecule has 2 aromatic rings. The number of aromatic carboxylic acids is 1. The van der Waals surface area contributed by atoms with Crippen molar-refractivity contribution in [2.24, 2.45) is 0 Å². The molecule has 0 bridgehead atoms. The van der Waals surface area contributed by atoms with E-state index in [1.54, 1.807) is 11.4 Å². The van der Waals surface area contributed by atoms with Crippen molar-refractivity contribution < 1.29 is 23.4 Å². The van der Waals surface area contributed by atoms with Gasteiger partial charge in [0.2, 0.25) is 5.01 Å². The maximum absolute atomic E-state index is 12.1. The number of nitrogens with zero attached hydrogens (tertiary/aromatic N) is 1. The van der Waals surface area contributed by atoms with Gasteiger partial charge in [-0.2, -0.15) is 8.78 Å². The highest BCUT2D eigenvalue weighted by Crippen LogP contribution is 2.26.